The number of aryl methyl sites for hydroxylation is 1. The number of rotatable bonds is 2. The SMILES string of the molecule is Cc1cc(O[C@H]2CCOC2)ncn1. The molecule has 1 aromatic heterocycles. The molecule has 0 radical (unpaired) electrons. The smallest absolute Gasteiger partial charge is 0.216 e. The maximum absolute atomic E-state index is 5.58. The van der Waals surface area contributed by atoms with Gasteiger partial charge in [-0.25, -0.2) is 9.97 Å². The summed E-state index contributed by atoms with van der Waals surface area (Å²) in [4.78, 5) is 8.01. The lowest BCUT2D eigenvalue weighted by molar-refractivity contribution is 0.138. The molecule has 70 valence electrons. The first-order valence-corrected chi connectivity index (χ1v) is 4.37. The molecule has 0 spiro atoms. The molecule has 4 nitrogen and oxygen atoms in total. The average Bonchev–Trinajstić information content (AvgIpc) is 2.57. The maximum atomic E-state index is 5.58. The molecule has 0 saturated carbocycles. The van der Waals surface area contributed by atoms with E-state index >= 15 is 0 Å². The summed E-state index contributed by atoms with van der Waals surface area (Å²) in [7, 11) is 0. The van der Waals surface area contributed by atoms with Crippen LogP contribution >= 0.6 is 0 Å². The highest BCUT2D eigenvalue weighted by Gasteiger charge is 2.17. The normalized spacial score (nSPS) is 21.8. The van der Waals surface area contributed by atoms with Crippen LogP contribution in [0.3, 0.4) is 0 Å². The van der Waals surface area contributed by atoms with E-state index in [1.54, 1.807) is 0 Å². The van der Waals surface area contributed by atoms with Crippen molar-refractivity contribution in [3.05, 3.63) is 18.1 Å². The minimum Gasteiger partial charge on any atom is -0.472 e. The Labute approximate surface area is 76.9 Å². The van der Waals surface area contributed by atoms with Crippen molar-refractivity contribution in [2.45, 2.75) is 19.4 Å². The van der Waals surface area contributed by atoms with Crippen molar-refractivity contribution in [3.63, 3.8) is 0 Å². The van der Waals surface area contributed by atoms with E-state index in [9.17, 15) is 0 Å². The Hall–Kier alpha value is -1.16. The molecule has 1 atom stereocenters. The molecule has 1 fully saturated rings. The van der Waals surface area contributed by atoms with Crippen LogP contribution in [0.4, 0.5) is 0 Å². The van der Waals surface area contributed by atoms with E-state index < -0.39 is 0 Å². The number of nitrogens with zero attached hydrogens (tertiary/aromatic N) is 2. The van der Waals surface area contributed by atoms with Gasteiger partial charge in [0.1, 0.15) is 12.4 Å². The van der Waals surface area contributed by atoms with E-state index in [1.165, 1.54) is 6.33 Å². The topological polar surface area (TPSA) is 44.2 Å². The van der Waals surface area contributed by atoms with Gasteiger partial charge in [0.15, 0.2) is 0 Å². The molecule has 0 bridgehead atoms. The summed E-state index contributed by atoms with van der Waals surface area (Å²) >= 11 is 0. The fraction of sp³-hybridized carbons (Fsp3) is 0.556. The van der Waals surface area contributed by atoms with E-state index in [0.717, 1.165) is 18.7 Å². The molecule has 2 heterocycles. The summed E-state index contributed by atoms with van der Waals surface area (Å²) < 4.78 is 10.8. The van der Waals surface area contributed by atoms with E-state index in [0.29, 0.717) is 12.5 Å². The van der Waals surface area contributed by atoms with Gasteiger partial charge in [-0.15, -0.1) is 0 Å². The summed E-state index contributed by atoms with van der Waals surface area (Å²) in [6, 6.07) is 1.83. The Kier molecular flexibility index (Phi) is 2.40. The van der Waals surface area contributed by atoms with Gasteiger partial charge in [-0.05, 0) is 6.92 Å². The fourth-order valence-corrected chi connectivity index (χ4v) is 1.27. The van der Waals surface area contributed by atoms with E-state index in [-0.39, 0.29) is 6.10 Å². The maximum Gasteiger partial charge on any atom is 0.216 e. The van der Waals surface area contributed by atoms with Crippen LogP contribution < -0.4 is 4.74 Å². The van der Waals surface area contributed by atoms with Crippen LogP contribution in [-0.2, 0) is 4.74 Å². The predicted octanol–water partition coefficient (Wildman–Crippen LogP) is 0.953. The van der Waals surface area contributed by atoms with Gasteiger partial charge in [0, 0.05) is 18.2 Å². The zero-order valence-electron chi connectivity index (χ0n) is 7.56. The third-order valence-corrected chi connectivity index (χ3v) is 1.95. The van der Waals surface area contributed by atoms with Crippen molar-refractivity contribution in [1.82, 2.24) is 9.97 Å². The number of ether oxygens (including phenoxy) is 2. The first-order valence-electron chi connectivity index (χ1n) is 4.37. The molecule has 13 heavy (non-hydrogen) atoms. The largest absolute Gasteiger partial charge is 0.472 e. The molecule has 1 aromatic rings. The lowest BCUT2D eigenvalue weighted by atomic mass is 10.3. The minimum atomic E-state index is 0.161. The first kappa shape index (κ1) is 8.44. The highest BCUT2D eigenvalue weighted by molar-refractivity contribution is 5.12. The summed E-state index contributed by atoms with van der Waals surface area (Å²) in [6.07, 6.45) is 2.62. The van der Waals surface area contributed by atoms with Gasteiger partial charge in [-0.2, -0.15) is 0 Å². The van der Waals surface area contributed by atoms with Crippen LogP contribution in [0.1, 0.15) is 12.1 Å². The van der Waals surface area contributed by atoms with Gasteiger partial charge < -0.3 is 9.47 Å². The number of hydrogen-bond donors (Lipinski definition) is 0. The second kappa shape index (κ2) is 3.70. The van der Waals surface area contributed by atoms with Crippen molar-refractivity contribution in [1.29, 1.82) is 0 Å². The second-order valence-electron chi connectivity index (χ2n) is 3.10. The summed E-state index contributed by atoms with van der Waals surface area (Å²) in [5.41, 5.74) is 0.920. The Bertz CT molecular complexity index is 285. The highest BCUT2D eigenvalue weighted by atomic mass is 16.5. The van der Waals surface area contributed by atoms with Crippen LogP contribution in [0.15, 0.2) is 12.4 Å². The molecular weight excluding hydrogens is 168 g/mol. The highest BCUT2D eigenvalue weighted by Crippen LogP contribution is 2.13. The Morgan fingerprint density at radius 2 is 2.46 bits per heavy atom. The van der Waals surface area contributed by atoms with E-state index in [4.69, 9.17) is 9.47 Å². The Morgan fingerprint density at radius 1 is 1.54 bits per heavy atom. The van der Waals surface area contributed by atoms with Gasteiger partial charge in [-0.1, -0.05) is 0 Å². The molecule has 0 unspecified atom stereocenters. The molecule has 0 amide bonds. The van der Waals surface area contributed by atoms with Gasteiger partial charge in [0.25, 0.3) is 0 Å². The van der Waals surface area contributed by atoms with Crippen molar-refractivity contribution in [3.8, 4) is 5.88 Å². The van der Waals surface area contributed by atoms with Crippen LogP contribution in [0.25, 0.3) is 0 Å². The van der Waals surface area contributed by atoms with Crippen molar-refractivity contribution in [2.75, 3.05) is 13.2 Å². The molecule has 2 rings (SSSR count). The Balaban J connectivity index is 2.00. The predicted molar refractivity (Wildman–Crippen MR) is 46.6 cm³/mol. The van der Waals surface area contributed by atoms with Crippen molar-refractivity contribution < 1.29 is 9.47 Å². The zero-order valence-corrected chi connectivity index (χ0v) is 7.56. The molecule has 1 saturated heterocycles. The summed E-state index contributed by atoms with van der Waals surface area (Å²) in [6.45, 7) is 3.37. The van der Waals surface area contributed by atoms with Crippen molar-refractivity contribution in [2.24, 2.45) is 0 Å². The van der Waals surface area contributed by atoms with Gasteiger partial charge in [0.05, 0.1) is 13.2 Å². The quantitative estimate of drug-likeness (QED) is 0.679. The van der Waals surface area contributed by atoms with Crippen LogP contribution in [0.2, 0.25) is 0 Å². The zero-order chi connectivity index (χ0) is 9.10. The van der Waals surface area contributed by atoms with E-state index in [1.807, 2.05) is 13.0 Å². The molecule has 0 aromatic carbocycles. The van der Waals surface area contributed by atoms with Crippen LogP contribution in [-0.4, -0.2) is 29.3 Å². The van der Waals surface area contributed by atoms with Gasteiger partial charge in [-0.3, -0.25) is 0 Å². The molecule has 1 aliphatic heterocycles. The molecule has 1 aliphatic rings. The summed E-state index contributed by atoms with van der Waals surface area (Å²) in [5, 5.41) is 0. The van der Waals surface area contributed by atoms with Crippen LogP contribution in [0.5, 0.6) is 5.88 Å². The first-order chi connectivity index (χ1) is 6.34. The standard InChI is InChI=1S/C9H12N2O2/c1-7-4-9(11-6-10-7)13-8-2-3-12-5-8/h4,6,8H,2-3,5H2,1H3/t8-/m0/s1. The lowest BCUT2D eigenvalue weighted by Gasteiger charge is -2.09. The summed E-state index contributed by atoms with van der Waals surface area (Å²) in [5.74, 6) is 0.642. The molecular formula is C9H12N2O2. The molecule has 0 N–H and O–H groups in total. The third kappa shape index (κ3) is 2.15. The third-order valence-electron chi connectivity index (χ3n) is 1.95. The van der Waals surface area contributed by atoms with Gasteiger partial charge >= 0.3 is 0 Å². The molecule has 4 heteroatoms. The minimum absolute atomic E-state index is 0.161. The molecule has 0 aliphatic carbocycles. The fourth-order valence-electron chi connectivity index (χ4n) is 1.27. The number of hydrogen-bond acceptors (Lipinski definition) is 4. The second-order valence-corrected chi connectivity index (χ2v) is 3.10. The Morgan fingerprint density at radius 3 is 3.15 bits per heavy atom. The van der Waals surface area contributed by atoms with Crippen molar-refractivity contribution >= 4 is 0 Å². The van der Waals surface area contributed by atoms with Gasteiger partial charge in [0.2, 0.25) is 5.88 Å². The van der Waals surface area contributed by atoms with Crippen LogP contribution in [0, 0.1) is 6.92 Å². The van der Waals surface area contributed by atoms with E-state index in [2.05, 4.69) is 9.97 Å². The number of aromatic nitrogens is 2. The monoisotopic (exact) mass is 180 g/mol. The lowest BCUT2D eigenvalue weighted by Crippen LogP contribution is -2.16. The average molecular weight is 180 g/mol.